The zero-order valence-electron chi connectivity index (χ0n) is 10.6. The first kappa shape index (κ1) is 15.8. The fourth-order valence-electron chi connectivity index (χ4n) is 1.45. The van der Waals surface area contributed by atoms with Gasteiger partial charge in [0.1, 0.15) is 0 Å². The lowest BCUT2D eigenvalue weighted by molar-refractivity contribution is 0.0925. The Bertz CT molecular complexity index is 501. The molecule has 1 rings (SSSR count). The molecule has 0 saturated carbocycles. The van der Waals surface area contributed by atoms with Gasteiger partial charge in [-0.1, -0.05) is 39.6 Å². The monoisotopic (exact) mass is 347 g/mol. The quantitative estimate of drug-likeness (QED) is 0.338. The van der Waals surface area contributed by atoms with Crippen LogP contribution in [0.5, 0.6) is 0 Å². The smallest absolute Gasteiger partial charge is 0.252 e. The Kier molecular flexibility index (Phi) is 5.20. The Labute approximate surface area is 124 Å². The Balaban J connectivity index is 3.01. The number of amides is 1. The molecule has 1 atom stereocenters. The van der Waals surface area contributed by atoms with Crippen molar-refractivity contribution in [3.8, 4) is 0 Å². The molecule has 0 radical (unpaired) electrons. The summed E-state index contributed by atoms with van der Waals surface area (Å²) in [4.78, 5) is 12.2. The lowest BCUT2D eigenvalue weighted by atomic mass is 9.97. The number of amidine groups is 1. The SMILES string of the molecule is CCC(C)(NC(=O)c1cc(Cl)cc(Br)c1)/C(N)=N/O. The van der Waals surface area contributed by atoms with Gasteiger partial charge in [0.15, 0.2) is 5.84 Å². The number of benzene rings is 1. The minimum absolute atomic E-state index is 0.0514. The van der Waals surface area contributed by atoms with Crippen LogP contribution in [0, 0.1) is 0 Å². The molecular weight excluding hydrogens is 334 g/mol. The first-order chi connectivity index (χ1) is 8.82. The van der Waals surface area contributed by atoms with Gasteiger partial charge in [-0.15, -0.1) is 0 Å². The molecule has 4 N–H and O–H groups in total. The number of carbonyl (C=O) groups is 1. The average Bonchev–Trinajstić information content (AvgIpc) is 2.36. The summed E-state index contributed by atoms with van der Waals surface area (Å²) in [5.74, 6) is -0.399. The minimum atomic E-state index is -0.916. The number of carbonyl (C=O) groups excluding carboxylic acids is 1. The second-order valence-electron chi connectivity index (χ2n) is 4.28. The maximum atomic E-state index is 12.2. The average molecular weight is 349 g/mol. The van der Waals surface area contributed by atoms with Gasteiger partial charge in [-0.25, -0.2) is 0 Å². The molecule has 1 amide bonds. The van der Waals surface area contributed by atoms with E-state index in [1.807, 2.05) is 6.92 Å². The lowest BCUT2D eigenvalue weighted by Crippen LogP contribution is -2.55. The van der Waals surface area contributed by atoms with Crippen molar-refractivity contribution in [1.82, 2.24) is 5.32 Å². The highest BCUT2D eigenvalue weighted by molar-refractivity contribution is 9.10. The van der Waals surface area contributed by atoms with E-state index in [1.54, 1.807) is 25.1 Å². The van der Waals surface area contributed by atoms with Crippen molar-refractivity contribution in [3.63, 3.8) is 0 Å². The molecule has 1 unspecified atom stereocenters. The summed E-state index contributed by atoms with van der Waals surface area (Å²) < 4.78 is 0.701. The highest BCUT2D eigenvalue weighted by atomic mass is 79.9. The number of rotatable bonds is 4. The minimum Gasteiger partial charge on any atom is -0.409 e. The van der Waals surface area contributed by atoms with E-state index in [2.05, 4.69) is 26.4 Å². The molecule has 0 aromatic heterocycles. The maximum absolute atomic E-state index is 12.2. The summed E-state index contributed by atoms with van der Waals surface area (Å²) in [6.45, 7) is 3.51. The first-order valence-electron chi connectivity index (χ1n) is 5.59. The predicted molar refractivity (Wildman–Crippen MR) is 78.7 cm³/mol. The van der Waals surface area contributed by atoms with E-state index in [9.17, 15) is 4.79 Å². The number of nitrogens with one attached hydrogen (secondary N) is 1. The molecule has 0 aliphatic rings. The number of oxime groups is 1. The van der Waals surface area contributed by atoms with Crippen molar-refractivity contribution in [2.24, 2.45) is 10.9 Å². The fraction of sp³-hybridized carbons (Fsp3) is 0.333. The molecule has 19 heavy (non-hydrogen) atoms. The number of nitrogens with two attached hydrogens (primary N) is 1. The van der Waals surface area contributed by atoms with Gasteiger partial charge in [0.2, 0.25) is 0 Å². The molecule has 1 aromatic rings. The van der Waals surface area contributed by atoms with Gasteiger partial charge in [-0.2, -0.15) is 0 Å². The summed E-state index contributed by atoms with van der Waals surface area (Å²) in [5, 5.41) is 14.9. The number of hydrogen-bond acceptors (Lipinski definition) is 3. The molecular formula is C12H15BrClN3O2. The van der Waals surface area contributed by atoms with Crippen molar-refractivity contribution >= 4 is 39.3 Å². The van der Waals surface area contributed by atoms with Crippen LogP contribution in [0.1, 0.15) is 30.6 Å². The molecule has 1 aromatic carbocycles. The number of hydrogen-bond donors (Lipinski definition) is 3. The normalized spacial score (nSPS) is 14.8. The molecule has 7 heteroatoms. The van der Waals surface area contributed by atoms with Crippen LogP contribution in [0.25, 0.3) is 0 Å². The van der Waals surface area contributed by atoms with E-state index < -0.39 is 5.54 Å². The van der Waals surface area contributed by atoms with Crippen LogP contribution in [0.3, 0.4) is 0 Å². The summed E-state index contributed by atoms with van der Waals surface area (Å²) in [7, 11) is 0. The van der Waals surface area contributed by atoms with Gasteiger partial charge in [-0.3, -0.25) is 4.79 Å². The van der Waals surface area contributed by atoms with E-state index in [1.165, 1.54) is 0 Å². The van der Waals surface area contributed by atoms with Gasteiger partial charge >= 0.3 is 0 Å². The molecule has 0 spiro atoms. The highest BCUT2D eigenvalue weighted by Crippen LogP contribution is 2.20. The second-order valence-corrected chi connectivity index (χ2v) is 5.64. The van der Waals surface area contributed by atoms with E-state index in [0.29, 0.717) is 21.5 Å². The van der Waals surface area contributed by atoms with Crippen LogP contribution in [0.4, 0.5) is 0 Å². The Morgan fingerprint density at radius 2 is 2.21 bits per heavy atom. The van der Waals surface area contributed by atoms with Gasteiger partial charge in [-0.05, 0) is 31.5 Å². The maximum Gasteiger partial charge on any atom is 0.252 e. The van der Waals surface area contributed by atoms with Gasteiger partial charge in [0, 0.05) is 15.1 Å². The van der Waals surface area contributed by atoms with Crippen molar-refractivity contribution in [3.05, 3.63) is 33.3 Å². The summed E-state index contributed by atoms with van der Waals surface area (Å²) >= 11 is 9.16. The Morgan fingerprint density at radius 3 is 2.68 bits per heavy atom. The van der Waals surface area contributed by atoms with Crippen LogP contribution in [-0.4, -0.2) is 22.5 Å². The Hall–Kier alpha value is -1.27. The van der Waals surface area contributed by atoms with Gasteiger partial charge in [0.05, 0.1) is 5.54 Å². The molecule has 104 valence electrons. The van der Waals surface area contributed by atoms with Crippen molar-refractivity contribution in [2.45, 2.75) is 25.8 Å². The zero-order valence-corrected chi connectivity index (χ0v) is 12.9. The van der Waals surface area contributed by atoms with Crippen LogP contribution >= 0.6 is 27.5 Å². The summed E-state index contributed by atoms with van der Waals surface area (Å²) in [6.07, 6.45) is 0.483. The summed E-state index contributed by atoms with van der Waals surface area (Å²) in [6, 6.07) is 4.87. The third-order valence-corrected chi connectivity index (χ3v) is 3.57. The second kappa shape index (κ2) is 6.25. The van der Waals surface area contributed by atoms with E-state index >= 15 is 0 Å². The molecule has 0 saturated heterocycles. The number of halogens is 2. The molecule has 0 aliphatic carbocycles. The van der Waals surface area contributed by atoms with Crippen LogP contribution in [0.2, 0.25) is 5.02 Å². The molecule has 0 heterocycles. The molecule has 0 fully saturated rings. The van der Waals surface area contributed by atoms with Crippen molar-refractivity contribution < 1.29 is 10.0 Å². The Morgan fingerprint density at radius 1 is 1.58 bits per heavy atom. The zero-order chi connectivity index (χ0) is 14.6. The van der Waals surface area contributed by atoms with Gasteiger partial charge < -0.3 is 16.3 Å². The van der Waals surface area contributed by atoms with Crippen LogP contribution in [-0.2, 0) is 0 Å². The number of nitrogens with zero attached hydrogens (tertiary/aromatic N) is 1. The molecule has 5 nitrogen and oxygen atoms in total. The third kappa shape index (κ3) is 3.84. The fourth-order valence-corrected chi connectivity index (χ4v) is 2.31. The van der Waals surface area contributed by atoms with Crippen LogP contribution in [0.15, 0.2) is 27.8 Å². The summed E-state index contributed by atoms with van der Waals surface area (Å²) in [5.41, 5.74) is 5.08. The van der Waals surface area contributed by atoms with E-state index in [0.717, 1.165) is 0 Å². The standard InChI is InChI=1S/C12H15BrClN3O2/c1-3-12(2,11(15)17-19)16-10(18)7-4-8(13)6-9(14)5-7/h4-6,19H,3H2,1-2H3,(H2,15,17)(H,16,18). The van der Waals surface area contributed by atoms with Crippen molar-refractivity contribution in [2.75, 3.05) is 0 Å². The lowest BCUT2D eigenvalue weighted by Gasteiger charge is -2.28. The highest BCUT2D eigenvalue weighted by Gasteiger charge is 2.30. The molecule has 0 bridgehead atoms. The largest absolute Gasteiger partial charge is 0.409 e. The van der Waals surface area contributed by atoms with E-state index in [4.69, 9.17) is 22.5 Å². The molecule has 0 aliphatic heterocycles. The first-order valence-corrected chi connectivity index (χ1v) is 6.76. The van der Waals surface area contributed by atoms with Crippen molar-refractivity contribution in [1.29, 1.82) is 0 Å². The third-order valence-electron chi connectivity index (χ3n) is 2.89. The van der Waals surface area contributed by atoms with E-state index in [-0.39, 0.29) is 11.7 Å². The van der Waals surface area contributed by atoms with Crippen LogP contribution < -0.4 is 11.1 Å². The van der Waals surface area contributed by atoms with Gasteiger partial charge in [0.25, 0.3) is 5.91 Å². The topological polar surface area (TPSA) is 87.7 Å². The predicted octanol–water partition coefficient (Wildman–Crippen LogP) is 2.75.